The van der Waals surface area contributed by atoms with Gasteiger partial charge < -0.3 is 9.47 Å². The van der Waals surface area contributed by atoms with Crippen LogP contribution in [0.25, 0.3) is 11.1 Å². The second kappa shape index (κ2) is 7.23. The van der Waals surface area contributed by atoms with Crippen molar-refractivity contribution in [2.45, 2.75) is 33.3 Å². The summed E-state index contributed by atoms with van der Waals surface area (Å²) in [6.07, 6.45) is 2.92. The zero-order chi connectivity index (χ0) is 15.2. The fraction of sp³-hybridized carbons (Fsp3) is 0.389. The monoisotopic (exact) mass is 285 g/mol. The molecule has 112 valence electrons. The van der Waals surface area contributed by atoms with Gasteiger partial charge in [-0.05, 0) is 41.7 Å². The lowest BCUT2D eigenvalue weighted by Gasteiger charge is -2.25. The van der Waals surface area contributed by atoms with Crippen LogP contribution in [-0.4, -0.2) is 18.7 Å². The van der Waals surface area contributed by atoms with Crippen molar-refractivity contribution in [1.29, 1.82) is 0 Å². The average Bonchev–Trinajstić information content (AvgIpc) is 2.57. The number of hydrogen-bond acceptors (Lipinski definition) is 3. The molecule has 1 aliphatic heterocycles. The first kappa shape index (κ1) is 15.5. The molecule has 0 saturated carbocycles. The van der Waals surface area contributed by atoms with Crippen LogP contribution in [0.2, 0.25) is 0 Å². The van der Waals surface area contributed by atoms with Gasteiger partial charge in [0, 0.05) is 12.3 Å². The minimum atomic E-state index is 0.174. The Morgan fingerprint density at radius 2 is 2.05 bits per heavy atom. The van der Waals surface area contributed by atoms with Crippen LogP contribution in [0, 0.1) is 0 Å². The smallest absolute Gasteiger partial charge is 0.213 e. The van der Waals surface area contributed by atoms with Gasteiger partial charge in [-0.2, -0.15) is 0 Å². The second-order valence-corrected chi connectivity index (χ2v) is 4.72. The minimum Gasteiger partial charge on any atom is -0.481 e. The molecule has 0 spiro atoms. The van der Waals surface area contributed by atoms with Gasteiger partial charge in [-0.25, -0.2) is 4.98 Å². The lowest BCUT2D eigenvalue weighted by atomic mass is 9.90. The highest BCUT2D eigenvalue weighted by Crippen LogP contribution is 2.34. The summed E-state index contributed by atoms with van der Waals surface area (Å²) in [7, 11) is 1.64. The van der Waals surface area contributed by atoms with Crippen LogP contribution in [0.5, 0.6) is 5.88 Å². The van der Waals surface area contributed by atoms with Crippen molar-refractivity contribution < 1.29 is 9.47 Å². The van der Waals surface area contributed by atoms with Gasteiger partial charge in [-0.3, -0.25) is 0 Å². The molecule has 0 N–H and O–H groups in total. The largest absolute Gasteiger partial charge is 0.481 e. The van der Waals surface area contributed by atoms with Crippen molar-refractivity contribution in [1.82, 2.24) is 4.98 Å². The molecular formula is C18H23NO2. The molecule has 1 aromatic carbocycles. The van der Waals surface area contributed by atoms with E-state index in [1.165, 1.54) is 16.7 Å². The molecule has 2 heterocycles. The molecule has 3 nitrogen and oxygen atoms in total. The number of rotatable bonds is 2. The molecule has 1 unspecified atom stereocenters. The Morgan fingerprint density at radius 3 is 2.81 bits per heavy atom. The van der Waals surface area contributed by atoms with Crippen molar-refractivity contribution in [3.63, 3.8) is 0 Å². The number of benzene rings is 1. The van der Waals surface area contributed by atoms with E-state index in [9.17, 15) is 0 Å². The molecule has 0 radical (unpaired) electrons. The molecule has 3 heteroatoms. The van der Waals surface area contributed by atoms with E-state index < -0.39 is 0 Å². The Morgan fingerprint density at radius 1 is 1.24 bits per heavy atom. The van der Waals surface area contributed by atoms with Gasteiger partial charge in [-0.15, -0.1) is 0 Å². The van der Waals surface area contributed by atoms with Crippen molar-refractivity contribution in [2.24, 2.45) is 0 Å². The van der Waals surface area contributed by atoms with Gasteiger partial charge in [0.1, 0.15) is 0 Å². The van der Waals surface area contributed by atoms with E-state index in [-0.39, 0.29) is 6.10 Å². The molecule has 0 amide bonds. The summed E-state index contributed by atoms with van der Waals surface area (Å²) in [6.45, 7) is 6.89. The number of pyridine rings is 1. The average molecular weight is 285 g/mol. The predicted molar refractivity (Wildman–Crippen MR) is 85.6 cm³/mol. The number of hydrogen-bond donors (Lipinski definition) is 0. The Hall–Kier alpha value is -1.87. The fourth-order valence-corrected chi connectivity index (χ4v) is 2.65. The lowest BCUT2D eigenvalue weighted by molar-refractivity contribution is 0.0557. The van der Waals surface area contributed by atoms with Crippen molar-refractivity contribution >= 4 is 0 Å². The van der Waals surface area contributed by atoms with Gasteiger partial charge >= 0.3 is 0 Å². The summed E-state index contributed by atoms with van der Waals surface area (Å²) in [5.41, 5.74) is 5.08. The van der Waals surface area contributed by atoms with Crippen LogP contribution in [0.4, 0.5) is 0 Å². The molecule has 21 heavy (non-hydrogen) atoms. The number of methoxy groups -OCH3 is 1. The van der Waals surface area contributed by atoms with Crippen LogP contribution < -0.4 is 4.74 Å². The van der Waals surface area contributed by atoms with Gasteiger partial charge in [-0.1, -0.05) is 32.0 Å². The highest BCUT2D eigenvalue weighted by Gasteiger charge is 2.19. The van der Waals surface area contributed by atoms with E-state index in [0.717, 1.165) is 18.6 Å². The summed E-state index contributed by atoms with van der Waals surface area (Å²) >= 11 is 0. The summed E-state index contributed by atoms with van der Waals surface area (Å²) in [5, 5.41) is 0. The molecule has 1 aliphatic rings. The standard InChI is InChI=1S/C16H17NO2.C2H6/c1-11-13-4-3-5-14(15(13)7-9-19-11)12-6-8-17-16(10-12)18-2;1-2/h3-6,8,10-11H,7,9H2,1-2H3;1-2H3. The maximum Gasteiger partial charge on any atom is 0.213 e. The Kier molecular flexibility index (Phi) is 5.34. The summed E-state index contributed by atoms with van der Waals surface area (Å²) in [6, 6.07) is 10.4. The van der Waals surface area contributed by atoms with Gasteiger partial charge in [0.15, 0.2) is 0 Å². The number of aromatic nitrogens is 1. The van der Waals surface area contributed by atoms with E-state index in [4.69, 9.17) is 9.47 Å². The quantitative estimate of drug-likeness (QED) is 0.818. The molecule has 1 aromatic heterocycles. The molecule has 0 saturated heterocycles. The van der Waals surface area contributed by atoms with Gasteiger partial charge in [0.25, 0.3) is 0 Å². The van der Waals surface area contributed by atoms with E-state index in [1.54, 1.807) is 13.3 Å². The third-order valence-corrected chi connectivity index (χ3v) is 3.63. The minimum absolute atomic E-state index is 0.174. The maximum absolute atomic E-state index is 5.70. The molecule has 2 aromatic rings. The van der Waals surface area contributed by atoms with E-state index in [2.05, 4.69) is 30.1 Å². The van der Waals surface area contributed by atoms with E-state index in [0.29, 0.717) is 5.88 Å². The Bertz CT molecular complexity index is 596. The fourth-order valence-electron chi connectivity index (χ4n) is 2.65. The Labute approximate surface area is 126 Å². The molecule has 3 rings (SSSR count). The summed E-state index contributed by atoms with van der Waals surface area (Å²) in [4.78, 5) is 4.16. The first-order valence-corrected chi connectivity index (χ1v) is 7.53. The molecule has 0 fully saturated rings. The maximum atomic E-state index is 5.70. The normalized spacial score (nSPS) is 16.5. The van der Waals surface area contributed by atoms with E-state index in [1.807, 2.05) is 26.0 Å². The zero-order valence-corrected chi connectivity index (χ0v) is 13.2. The van der Waals surface area contributed by atoms with Gasteiger partial charge in [0.2, 0.25) is 5.88 Å². The van der Waals surface area contributed by atoms with Crippen LogP contribution >= 0.6 is 0 Å². The van der Waals surface area contributed by atoms with Crippen LogP contribution in [0.3, 0.4) is 0 Å². The highest BCUT2D eigenvalue weighted by atomic mass is 16.5. The van der Waals surface area contributed by atoms with Crippen molar-refractivity contribution in [3.8, 4) is 17.0 Å². The molecule has 0 bridgehead atoms. The molecule has 0 aliphatic carbocycles. The second-order valence-electron chi connectivity index (χ2n) is 4.72. The summed E-state index contributed by atoms with van der Waals surface area (Å²) in [5.74, 6) is 0.648. The third-order valence-electron chi connectivity index (χ3n) is 3.63. The number of ether oxygens (including phenoxy) is 2. The first-order valence-electron chi connectivity index (χ1n) is 7.53. The number of fused-ring (bicyclic) bond motifs is 1. The number of nitrogens with zero attached hydrogens (tertiary/aromatic N) is 1. The van der Waals surface area contributed by atoms with Crippen LogP contribution in [0.1, 0.15) is 38.0 Å². The Balaban J connectivity index is 0.000000774. The van der Waals surface area contributed by atoms with Crippen LogP contribution in [0.15, 0.2) is 36.5 Å². The van der Waals surface area contributed by atoms with Crippen molar-refractivity contribution in [3.05, 3.63) is 47.7 Å². The first-order chi connectivity index (χ1) is 10.3. The zero-order valence-electron chi connectivity index (χ0n) is 13.2. The highest BCUT2D eigenvalue weighted by molar-refractivity contribution is 5.69. The summed E-state index contributed by atoms with van der Waals surface area (Å²) < 4.78 is 10.9. The van der Waals surface area contributed by atoms with E-state index >= 15 is 0 Å². The van der Waals surface area contributed by atoms with Gasteiger partial charge in [0.05, 0.1) is 19.8 Å². The predicted octanol–water partition coefficient (Wildman–Crippen LogP) is 4.42. The third kappa shape index (κ3) is 3.24. The topological polar surface area (TPSA) is 31.4 Å². The van der Waals surface area contributed by atoms with Crippen molar-refractivity contribution in [2.75, 3.05) is 13.7 Å². The lowest BCUT2D eigenvalue weighted by Crippen LogP contribution is -2.14. The van der Waals surface area contributed by atoms with Crippen LogP contribution in [-0.2, 0) is 11.2 Å². The molecular weight excluding hydrogens is 262 g/mol. The SMILES string of the molecule is CC.COc1cc(-c2cccc3c2CCOC3C)ccn1. The molecule has 1 atom stereocenters.